The molecule has 12 heteroatoms. The summed E-state index contributed by atoms with van der Waals surface area (Å²) in [7, 11) is 1.33. The number of halogens is 4. The Hall–Kier alpha value is -3.75. The fourth-order valence-electron chi connectivity index (χ4n) is 3.73. The molecule has 0 aliphatic heterocycles. The van der Waals surface area contributed by atoms with Gasteiger partial charge in [0.05, 0.1) is 29.1 Å². The monoisotopic (exact) mass is 479 g/mol. The van der Waals surface area contributed by atoms with Crippen molar-refractivity contribution in [3.63, 3.8) is 0 Å². The van der Waals surface area contributed by atoms with Crippen molar-refractivity contribution in [3.05, 3.63) is 47.1 Å². The van der Waals surface area contributed by atoms with E-state index in [9.17, 15) is 31.9 Å². The van der Waals surface area contributed by atoms with E-state index in [0.29, 0.717) is 30.2 Å². The smallest absolute Gasteiger partial charge is 0.355 e. The highest BCUT2D eigenvalue weighted by Crippen LogP contribution is 2.43. The number of carbonyl (C=O) groups is 3. The topological polar surface area (TPSA) is 115 Å². The fraction of sp³-hybridized carbons (Fsp3) is 0.409. The van der Waals surface area contributed by atoms with Crippen molar-refractivity contribution in [2.45, 2.75) is 44.8 Å². The van der Waals surface area contributed by atoms with E-state index in [0.717, 1.165) is 6.20 Å². The van der Waals surface area contributed by atoms with Crippen LogP contribution in [0.1, 0.15) is 43.9 Å². The molecule has 1 aromatic rings. The maximum atomic E-state index is 14.4. The van der Waals surface area contributed by atoms with Gasteiger partial charge < -0.3 is 10.6 Å². The number of nitrogens with one attached hydrogen (secondary N) is 2. The van der Waals surface area contributed by atoms with E-state index in [1.807, 2.05) is 0 Å². The van der Waals surface area contributed by atoms with E-state index in [4.69, 9.17) is 5.26 Å². The van der Waals surface area contributed by atoms with Gasteiger partial charge in [0.2, 0.25) is 5.91 Å². The molecule has 34 heavy (non-hydrogen) atoms. The zero-order valence-electron chi connectivity index (χ0n) is 18.3. The van der Waals surface area contributed by atoms with Gasteiger partial charge in [-0.1, -0.05) is 19.4 Å². The van der Waals surface area contributed by atoms with Crippen LogP contribution < -0.4 is 15.5 Å². The number of imide groups is 1. The lowest BCUT2D eigenvalue weighted by molar-refractivity contribution is -0.138. The molecule has 1 fully saturated rings. The fourth-order valence-corrected chi connectivity index (χ4v) is 3.73. The van der Waals surface area contributed by atoms with Crippen LogP contribution in [0.2, 0.25) is 0 Å². The number of amides is 4. The van der Waals surface area contributed by atoms with Gasteiger partial charge in [-0.3, -0.25) is 9.59 Å². The highest BCUT2D eigenvalue weighted by Gasteiger charge is 2.45. The van der Waals surface area contributed by atoms with Crippen LogP contribution in [0.4, 0.5) is 28.0 Å². The van der Waals surface area contributed by atoms with Crippen molar-refractivity contribution < 1.29 is 31.9 Å². The predicted molar refractivity (Wildman–Crippen MR) is 112 cm³/mol. The summed E-state index contributed by atoms with van der Waals surface area (Å²) in [6.45, 7) is 1.60. The molecule has 1 heterocycles. The van der Waals surface area contributed by atoms with E-state index >= 15 is 0 Å². The van der Waals surface area contributed by atoms with Crippen LogP contribution in [0, 0.1) is 16.7 Å². The summed E-state index contributed by atoms with van der Waals surface area (Å²) in [5, 5.41) is 13.7. The standard InChI is InChI=1S/C22H21F4N5O3/c1-21(6-3-7-21)19(33)31(13-9-15(22(24,25)26)17(10-27)29-11-13)20(34)30-12-4-5-14(16(23)8-12)18(32)28-2/h4-5,9,11-12H,3,6-8H2,1-2H3,(H,28,32)(H,30,34). The van der Waals surface area contributed by atoms with Gasteiger partial charge >= 0.3 is 12.2 Å². The number of likely N-dealkylation sites (N-methyl/N-ethyl adjacent to an activating group) is 1. The Morgan fingerprint density at radius 3 is 2.47 bits per heavy atom. The molecule has 180 valence electrons. The van der Waals surface area contributed by atoms with Gasteiger partial charge in [0.15, 0.2) is 5.69 Å². The zero-order chi connectivity index (χ0) is 25.3. The molecule has 4 amide bonds. The Morgan fingerprint density at radius 1 is 1.29 bits per heavy atom. The second-order valence-corrected chi connectivity index (χ2v) is 8.27. The summed E-state index contributed by atoms with van der Waals surface area (Å²) in [5.41, 5.74) is -3.94. The molecular formula is C22H21F4N5O3. The molecule has 1 saturated carbocycles. The molecule has 2 N–H and O–H groups in total. The highest BCUT2D eigenvalue weighted by molar-refractivity contribution is 6.16. The Kier molecular flexibility index (Phi) is 6.77. The zero-order valence-corrected chi connectivity index (χ0v) is 18.3. The van der Waals surface area contributed by atoms with Crippen LogP contribution in [0.3, 0.4) is 0 Å². The number of hydrogen-bond donors (Lipinski definition) is 2. The summed E-state index contributed by atoms with van der Waals surface area (Å²) in [4.78, 5) is 42.1. The quantitative estimate of drug-likeness (QED) is 0.642. The number of urea groups is 1. The number of nitriles is 1. The average molecular weight is 479 g/mol. The molecule has 8 nitrogen and oxygen atoms in total. The summed E-state index contributed by atoms with van der Waals surface area (Å²) in [6.07, 6.45) is -0.400. The molecule has 1 unspecified atom stereocenters. The van der Waals surface area contributed by atoms with E-state index in [1.165, 1.54) is 25.3 Å². The maximum absolute atomic E-state index is 14.4. The van der Waals surface area contributed by atoms with Crippen molar-refractivity contribution in [3.8, 4) is 6.07 Å². The van der Waals surface area contributed by atoms with Gasteiger partial charge in [0.25, 0.3) is 5.91 Å². The van der Waals surface area contributed by atoms with Crippen LogP contribution in [-0.2, 0) is 15.8 Å². The van der Waals surface area contributed by atoms with Crippen LogP contribution in [0.25, 0.3) is 0 Å². The SMILES string of the molecule is CNC(=O)C1=C(F)CC(NC(=O)N(C(=O)C2(C)CCC2)c2cnc(C#N)c(C(F)(F)F)c2)C=C1. The lowest BCUT2D eigenvalue weighted by Gasteiger charge is -2.40. The lowest BCUT2D eigenvalue weighted by atomic mass is 9.69. The largest absolute Gasteiger partial charge is 0.419 e. The third kappa shape index (κ3) is 4.78. The predicted octanol–water partition coefficient (Wildman–Crippen LogP) is 3.50. The molecule has 0 spiro atoms. The van der Waals surface area contributed by atoms with Gasteiger partial charge in [0, 0.05) is 18.9 Å². The van der Waals surface area contributed by atoms with E-state index in [-0.39, 0.29) is 12.0 Å². The van der Waals surface area contributed by atoms with Gasteiger partial charge in [-0.2, -0.15) is 18.4 Å². The number of anilines is 1. The Bertz CT molecular complexity index is 1130. The molecule has 2 aliphatic rings. The van der Waals surface area contributed by atoms with Gasteiger partial charge in [-0.25, -0.2) is 19.1 Å². The van der Waals surface area contributed by atoms with Gasteiger partial charge in [0.1, 0.15) is 11.9 Å². The molecule has 3 rings (SSSR count). The Balaban J connectivity index is 1.94. The first-order valence-electron chi connectivity index (χ1n) is 10.3. The summed E-state index contributed by atoms with van der Waals surface area (Å²) in [6, 6.07) is -0.175. The van der Waals surface area contributed by atoms with Crippen LogP contribution in [0.15, 0.2) is 35.8 Å². The van der Waals surface area contributed by atoms with Crippen molar-refractivity contribution in [1.29, 1.82) is 5.26 Å². The average Bonchev–Trinajstić information content (AvgIpc) is 2.76. The molecular weight excluding hydrogens is 458 g/mol. The highest BCUT2D eigenvalue weighted by atomic mass is 19.4. The number of alkyl halides is 3. The van der Waals surface area contributed by atoms with Crippen LogP contribution >= 0.6 is 0 Å². The summed E-state index contributed by atoms with van der Waals surface area (Å²) >= 11 is 0. The van der Waals surface area contributed by atoms with Crippen LogP contribution in [0.5, 0.6) is 0 Å². The van der Waals surface area contributed by atoms with Crippen molar-refractivity contribution in [2.24, 2.45) is 5.41 Å². The Labute approximate surface area is 192 Å². The molecule has 0 radical (unpaired) electrons. The van der Waals surface area contributed by atoms with Crippen molar-refractivity contribution >= 4 is 23.5 Å². The number of hydrogen-bond acceptors (Lipinski definition) is 5. The number of nitrogens with zero attached hydrogens (tertiary/aromatic N) is 3. The van der Waals surface area contributed by atoms with Crippen LogP contribution in [-0.4, -0.2) is 35.9 Å². The van der Waals surface area contributed by atoms with Gasteiger partial charge in [-0.05, 0) is 25.0 Å². The normalized spacial score (nSPS) is 19.0. The third-order valence-corrected chi connectivity index (χ3v) is 5.89. The number of pyridine rings is 1. The lowest BCUT2D eigenvalue weighted by Crippen LogP contribution is -2.54. The van der Waals surface area contributed by atoms with Crippen molar-refractivity contribution in [2.75, 3.05) is 11.9 Å². The van der Waals surface area contributed by atoms with Crippen molar-refractivity contribution in [1.82, 2.24) is 15.6 Å². The first kappa shape index (κ1) is 24.9. The molecule has 2 aliphatic carbocycles. The second kappa shape index (κ2) is 9.24. The van der Waals surface area contributed by atoms with E-state index in [1.54, 1.807) is 6.92 Å². The molecule has 0 aromatic carbocycles. The van der Waals surface area contributed by atoms with E-state index in [2.05, 4.69) is 15.6 Å². The Morgan fingerprint density at radius 2 is 1.97 bits per heavy atom. The second-order valence-electron chi connectivity index (χ2n) is 8.27. The molecule has 1 aromatic heterocycles. The molecule has 0 saturated heterocycles. The minimum Gasteiger partial charge on any atom is -0.355 e. The first-order chi connectivity index (χ1) is 15.9. The number of carbonyl (C=O) groups excluding carboxylic acids is 3. The first-order valence-corrected chi connectivity index (χ1v) is 10.3. The number of rotatable bonds is 4. The van der Waals surface area contributed by atoms with E-state index < -0.39 is 58.3 Å². The minimum absolute atomic E-state index is 0.214. The summed E-state index contributed by atoms with van der Waals surface area (Å²) in [5.74, 6) is -2.19. The minimum atomic E-state index is -4.95. The maximum Gasteiger partial charge on any atom is 0.419 e. The molecule has 0 bridgehead atoms. The number of aromatic nitrogens is 1. The molecule has 1 atom stereocenters. The summed E-state index contributed by atoms with van der Waals surface area (Å²) < 4.78 is 54.7. The third-order valence-electron chi connectivity index (χ3n) is 5.89. The van der Waals surface area contributed by atoms with Gasteiger partial charge in [-0.15, -0.1) is 0 Å².